The van der Waals surface area contributed by atoms with Gasteiger partial charge in [0.15, 0.2) is 0 Å². The van der Waals surface area contributed by atoms with E-state index in [1.807, 2.05) is 60.8 Å². The number of aromatic nitrogens is 3. The lowest BCUT2D eigenvalue weighted by molar-refractivity contribution is -0.114. The zero-order chi connectivity index (χ0) is 23.0. The van der Waals surface area contributed by atoms with Gasteiger partial charge in [-0.2, -0.15) is 0 Å². The normalized spacial score (nSPS) is 10.6. The van der Waals surface area contributed by atoms with Crippen molar-refractivity contribution >= 4 is 23.2 Å². The second-order valence-corrected chi connectivity index (χ2v) is 7.68. The standard InChI is InChI=1S/C26H26N6O/c1-18(33)31-22-9-4-7-21(16-22)23-17-30-26(32-25(23)20-11-14-28-15-12-20)29-13-5-8-19-6-2-3-10-24(19)27/h2-4,6-7,9-12,14-17H,5,8,13,27H2,1H3,(H,31,33)(H,29,30,32). The molecule has 2 aromatic heterocycles. The number of amides is 1. The van der Waals surface area contributed by atoms with Crippen molar-refractivity contribution in [2.45, 2.75) is 19.8 Å². The van der Waals surface area contributed by atoms with Gasteiger partial charge in [0.25, 0.3) is 0 Å². The number of aryl methyl sites for hydroxylation is 1. The van der Waals surface area contributed by atoms with Gasteiger partial charge >= 0.3 is 0 Å². The summed E-state index contributed by atoms with van der Waals surface area (Å²) < 4.78 is 0. The summed E-state index contributed by atoms with van der Waals surface area (Å²) in [6.45, 7) is 2.21. The zero-order valence-corrected chi connectivity index (χ0v) is 18.5. The van der Waals surface area contributed by atoms with E-state index >= 15 is 0 Å². The van der Waals surface area contributed by atoms with Crippen molar-refractivity contribution < 1.29 is 4.79 Å². The molecule has 4 rings (SSSR count). The van der Waals surface area contributed by atoms with E-state index in [4.69, 9.17) is 10.7 Å². The molecule has 4 N–H and O–H groups in total. The van der Waals surface area contributed by atoms with Gasteiger partial charge in [0.05, 0.1) is 5.69 Å². The Kier molecular flexibility index (Phi) is 6.90. The van der Waals surface area contributed by atoms with Crippen molar-refractivity contribution in [2.24, 2.45) is 0 Å². The largest absolute Gasteiger partial charge is 0.399 e. The summed E-state index contributed by atoms with van der Waals surface area (Å²) in [5.41, 5.74) is 12.2. The predicted octanol–water partition coefficient (Wildman–Crippen LogP) is 4.79. The Morgan fingerprint density at radius 3 is 2.61 bits per heavy atom. The maximum atomic E-state index is 11.5. The molecule has 0 radical (unpaired) electrons. The van der Waals surface area contributed by atoms with Crippen LogP contribution in [-0.2, 0) is 11.2 Å². The second-order valence-electron chi connectivity index (χ2n) is 7.68. The summed E-state index contributed by atoms with van der Waals surface area (Å²) in [7, 11) is 0. The fourth-order valence-corrected chi connectivity index (χ4v) is 3.62. The minimum atomic E-state index is -0.116. The predicted molar refractivity (Wildman–Crippen MR) is 133 cm³/mol. The molecule has 0 aliphatic rings. The van der Waals surface area contributed by atoms with Crippen molar-refractivity contribution in [1.29, 1.82) is 0 Å². The third-order valence-electron chi connectivity index (χ3n) is 5.20. The number of rotatable bonds is 8. The third kappa shape index (κ3) is 5.71. The number of carbonyl (C=O) groups excluding carboxylic acids is 1. The smallest absolute Gasteiger partial charge is 0.223 e. The number of nitrogens with one attached hydrogen (secondary N) is 2. The van der Waals surface area contributed by atoms with E-state index in [-0.39, 0.29) is 5.91 Å². The summed E-state index contributed by atoms with van der Waals surface area (Å²) >= 11 is 0. The molecule has 7 heteroatoms. The summed E-state index contributed by atoms with van der Waals surface area (Å²) in [5.74, 6) is 0.444. The average molecular weight is 439 g/mol. The van der Waals surface area contributed by atoms with Gasteiger partial charge < -0.3 is 16.4 Å². The summed E-state index contributed by atoms with van der Waals surface area (Å²) in [4.78, 5) is 24.9. The Morgan fingerprint density at radius 2 is 1.82 bits per heavy atom. The molecule has 0 bridgehead atoms. The fraction of sp³-hybridized carbons (Fsp3) is 0.154. The van der Waals surface area contributed by atoms with Crippen LogP contribution in [0.2, 0.25) is 0 Å². The van der Waals surface area contributed by atoms with Crippen molar-refractivity contribution in [1.82, 2.24) is 15.0 Å². The molecule has 0 spiro atoms. The highest BCUT2D eigenvalue weighted by Gasteiger charge is 2.12. The Hall–Kier alpha value is -4.26. The van der Waals surface area contributed by atoms with Crippen LogP contribution in [0.15, 0.2) is 79.3 Å². The van der Waals surface area contributed by atoms with Crippen LogP contribution in [0.25, 0.3) is 22.4 Å². The molecule has 0 fully saturated rings. The van der Waals surface area contributed by atoms with Crippen molar-refractivity contribution in [3.8, 4) is 22.4 Å². The SMILES string of the molecule is CC(=O)Nc1cccc(-c2cnc(NCCCc3ccccc3N)nc2-c2ccncc2)c1. The Morgan fingerprint density at radius 1 is 1.00 bits per heavy atom. The number of carbonyl (C=O) groups is 1. The molecule has 0 saturated carbocycles. The van der Waals surface area contributed by atoms with Gasteiger partial charge in [-0.25, -0.2) is 9.97 Å². The molecule has 33 heavy (non-hydrogen) atoms. The average Bonchev–Trinajstić information content (AvgIpc) is 2.83. The highest BCUT2D eigenvalue weighted by atomic mass is 16.1. The topological polar surface area (TPSA) is 106 Å². The van der Waals surface area contributed by atoms with Crippen LogP contribution in [0, 0.1) is 0 Å². The maximum absolute atomic E-state index is 11.5. The van der Waals surface area contributed by atoms with Gasteiger partial charge in [0.2, 0.25) is 11.9 Å². The number of anilines is 3. The minimum absolute atomic E-state index is 0.116. The molecule has 0 aliphatic carbocycles. The molecule has 2 heterocycles. The number of hydrogen-bond acceptors (Lipinski definition) is 6. The lowest BCUT2D eigenvalue weighted by atomic mass is 10.0. The van der Waals surface area contributed by atoms with E-state index in [0.717, 1.165) is 58.7 Å². The van der Waals surface area contributed by atoms with E-state index < -0.39 is 0 Å². The molecule has 4 aromatic rings. The third-order valence-corrected chi connectivity index (χ3v) is 5.20. The molecular weight excluding hydrogens is 412 g/mol. The van der Waals surface area contributed by atoms with Gasteiger partial charge in [-0.15, -0.1) is 0 Å². The number of hydrogen-bond donors (Lipinski definition) is 3. The molecular formula is C26H26N6O. The Labute approximate surface area is 193 Å². The number of para-hydroxylation sites is 1. The highest BCUT2D eigenvalue weighted by molar-refractivity contribution is 5.90. The first-order valence-electron chi connectivity index (χ1n) is 10.8. The van der Waals surface area contributed by atoms with Crippen LogP contribution in [0.4, 0.5) is 17.3 Å². The first kappa shape index (κ1) is 22.0. The van der Waals surface area contributed by atoms with Crippen LogP contribution in [0.3, 0.4) is 0 Å². The van der Waals surface area contributed by atoms with Gasteiger partial charge in [-0.1, -0.05) is 30.3 Å². The monoisotopic (exact) mass is 438 g/mol. The highest BCUT2D eigenvalue weighted by Crippen LogP contribution is 2.32. The second kappa shape index (κ2) is 10.4. The van der Waals surface area contributed by atoms with Crippen molar-refractivity contribution in [3.05, 3.63) is 84.8 Å². The first-order valence-corrected chi connectivity index (χ1v) is 10.8. The molecule has 7 nitrogen and oxygen atoms in total. The van der Waals surface area contributed by atoms with Crippen molar-refractivity contribution in [3.63, 3.8) is 0 Å². The van der Waals surface area contributed by atoms with Gasteiger partial charge in [0.1, 0.15) is 0 Å². The summed E-state index contributed by atoms with van der Waals surface area (Å²) in [6.07, 6.45) is 7.08. The number of nitrogens with zero attached hydrogens (tertiary/aromatic N) is 3. The van der Waals surface area contributed by atoms with Crippen LogP contribution < -0.4 is 16.4 Å². The van der Waals surface area contributed by atoms with E-state index in [1.54, 1.807) is 12.4 Å². The van der Waals surface area contributed by atoms with E-state index in [0.29, 0.717) is 5.95 Å². The van der Waals surface area contributed by atoms with Gasteiger partial charge in [-0.05, 0) is 54.3 Å². The Bertz CT molecular complexity index is 1240. The quantitative estimate of drug-likeness (QED) is 0.270. The summed E-state index contributed by atoms with van der Waals surface area (Å²) in [5, 5.41) is 6.15. The number of benzene rings is 2. The first-order chi connectivity index (χ1) is 16.1. The lowest BCUT2D eigenvalue weighted by Gasteiger charge is -2.13. The van der Waals surface area contributed by atoms with E-state index in [9.17, 15) is 4.79 Å². The molecule has 0 unspecified atom stereocenters. The maximum Gasteiger partial charge on any atom is 0.223 e. The minimum Gasteiger partial charge on any atom is -0.399 e. The van der Waals surface area contributed by atoms with Gasteiger partial charge in [-0.3, -0.25) is 9.78 Å². The summed E-state index contributed by atoms with van der Waals surface area (Å²) in [6, 6.07) is 19.4. The van der Waals surface area contributed by atoms with Crippen LogP contribution >= 0.6 is 0 Å². The number of nitrogens with two attached hydrogens (primary N) is 1. The fourth-order valence-electron chi connectivity index (χ4n) is 3.62. The molecule has 0 atom stereocenters. The molecule has 2 aromatic carbocycles. The zero-order valence-electron chi connectivity index (χ0n) is 18.5. The van der Waals surface area contributed by atoms with Gasteiger partial charge in [0, 0.05) is 54.6 Å². The van der Waals surface area contributed by atoms with Crippen molar-refractivity contribution in [2.75, 3.05) is 22.9 Å². The molecule has 166 valence electrons. The molecule has 0 aliphatic heterocycles. The lowest BCUT2D eigenvalue weighted by Crippen LogP contribution is -2.08. The number of nitrogen functional groups attached to an aromatic ring is 1. The van der Waals surface area contributed by atoms with Crippen LogP contribution in [0.1, 0.15) is 18.9 Å². The van der Waals surface area contributed by atoms with Crippen LogP contribution in [0.5, 0.6) is 0 Å². The van der Waals surface area contributed by atoms with E-state index in [1.165, 1.54) is 6.92 Å². The van der Waals surface area contributed by atoms with Crippen LogP contribution in [-0.4, -0.2) is 27.4 Å². The van der Waals surface area contributed by atoms with E-state index in [2.05, 4.69) is 26.7 Å². The number of pyridine rings is 1. The molecule has 1 amide bonds. The molecule has 0 saturated heterocycles. The Balaban J connectivity index is 1.56.